The van der Waals surface area contributed by atoms with Crippen molar-refractivity contribution in [2.45, 2.75) is 73.6 Å². The SMILES string of the molecule is CCN1C[C@]2(COC)[C@H](O)C[C@@H](OC)[C@]34C1[C@H]([C@H](OC)[C@H]23)[C@]1(O)[C@H]2[C@@H](OC(=O)c3ccccc3)[C@](O)(C[C@H]24)[C@@H](OC)[C@@H]1O. The molecule has 0 amide bonds. The first-order valence-corrected chi connectivity index (χ1v) is 15.5. The lowest BCUT2D eigenvalue weighted by Crippen LogP contribution is -2.81. The number of methoxy groups -OCH3 is 4. The molecule has 1 aromatic rings. The molecule has 11 heteroatoms. The molecule has 7 rings (SSSR count). The van der Waals surface area contributed by atoms with E-state index < -0.39 is 82.4 Å². The van der Waals surface area contributed by atoms with Gasteiger partial charge in [-0.3, -0.25) is 4.90 Å². The van der Waals surface area contributed by atoms with Gasteiger partial charge < -0.3 is 44.1 Å². The molecule has 6 fully saturated rings. The van der Waals surface area contributed by atoms with Gasteiger partial charge in [-0.05, 0) is 31.0 Å². The third-order valence-electron chi connectivity index (χ3n) is 12.9. The fourth-order valence-electron chi connectivity index (χ4n) is 11.9. The van der Waals surface area contributed by atoms with Crippen LogP contribution in [0.3, 0.4) is 0 Å². The fraction of sp³-hybridized carbons (Fsp3) is 0.781. The molecular formula is C32H45NO10. The minimum Gasteiger partial charge on any atom is -0.455 e. The van der Waals surface area contributed by atoms with Crippen LogP contribution in [0.15, 0.2) is 30.3 Å². The zero-order chi connectivity index (χ0) is 30.7. The topological polar surface area (TPSA) is 147 Å². The van der Waals surface area contributed by atoms with Gasteiger partial charge in [-0.2, -0.15) is 0 Å². The largest absolute Gasteiger partial charge is 0.455 e. The fourth-order valence-corrected chi connectivity index (χ4v) is 11.9. The molecule has 5 aliphatic carbocycles. The van der Waals surface area contributed by atoms with Gasteiger partial charge in [-0.1, -0.05) is 25.1 Å². The molecule has 1 unspecified atom stereocenters. The van der Waals surface area contributed by atoms with Crippen LogP contribution >= 0.6 is 0 Å². The van der Waals surface area contributed by atoms with Crippen LogP contribution in [0.4, 0.5) is 0 Å². The molecule has 0 radical (unpaired) electrons. The van der Waals surface area contributed by atoms with Gasteiger partial charge in [0.15, 0.2) is 0 Å². The summed E-state index contributed by atoms with van der Waals surface area (Å²) in [4.78, 5) is 15.8. The zero-order valence-electron chi connectivity index (χ0n) is 25.5. The Labute approximate surface area is 252 Å². The number of hydrogen-bond donors (Lipinski definition) is 4. The molecule has 5 saturated carbocycles. The molecule has 7 bridgehead atoms. The van der Waals surface area contributed by atoms with Crippen molar-refractivity contribution >= 4 is 5.97 Å². The molecule has 1 heterocycles. The summed E-state index contributed by atoms with van der Waals surface area (Å²) in [7, 11) is 6.29. The number of aliphatic hydroxyl groups excluding tert-OH is 2. The molecule has 238 valence electrons. The minimum absolute atomic E-state index is 0.106. The number of nitrogens with zero attached hydrogens (tertiary/aromatic N) is 1. The lowest BCUT2D eigenvalue weighted by Gasteiger charge is -2.70. The average molecular weight is 604 g/mol. The maximum Gasteiger partial charge on any atom is 0.338 e. The molecule has 0 aromatic heterocycles. The van der Waals surface area contributed by atoms with Crippen LogP contribution in [0.25, 0.3) is 0 Å². The molecule has 43 heavy (non-hydrogen) atoms. The number of ether oxygens (including phenoxy) is 5. The quantitative estimate of drug-likeness (QED) is 0.300. The number of likely N-dealkylation sites (tertiary alicyclic amines) is 1. The van der Waals surface area contributed by atoms with Crippen LogP contribution in [-0.4, -0.2) is 133 Å². The zero-order valence-corrected chi connectivity index (χ0v) is 25.5. The Balaban J connectivity index is 1.48. The summed E-state index contributed by atoms with van der Waals surface area (Å²) < 4.78 is 30.5. The molecule has 11 nitrogen and oxygen atoms in total. The van der Waals surface area contributed by atoms with Crippen LogP contribution in [0.2, 0.25) is 0 Å². The van der Waals surface area contributed by atoms with Crippen molar-refractivity contribution in [3.8, 4) is 0 Å². The second kappa shape index (κ2) is 9.91. The van der Waals surface area contributed by atoms with Gasteiger partial charge in [-0.15, -0.1) is 0 Å². The van der Waals surface area contributed by atoms with Crippen molar-refractivity contribution in [2.75, 3.05) is 48.1 Å². The third kappa shape index (κ3) is 3.28. The third-order valence-corrected chi connectivity index (χ3v) is 12.9. The van der Waals surface area contributed by atoms with E-state index in [4.69, 9.17) is 23.7 Å². The van der Waals surface area contributed by atoms with Gasteiger partial charge in [0.25, 0.3) is 0 Å². The van der Waals surface area contributed by atoms with Gasteiger partial charge >= 0.3 is 5.97 Å². The Hall–Kier alpha value is -1.67. The van der Waals surface area contributed by atoms with E-state index in [1.54, 1.807) is 51.7 Å². The first kappa shape index (κ1) is 30.0. The number of benzene rings is 1. The lowest BCUT2D eigenvalue weighted by atomic mass is 9.42. The van der Waals surface area contributed by atoms with Gasteiger partial charge in [0.05, 0.1) is 30.5 Å². The van der Waals surface area contributed by atoms with Crippen LogP contribution in [0, 0.1) is 34.5 Å². The van der Waals surface area contributed by atoms with Crippen LogP contribution < -0.4 is 0 Å². The highest BCUT2D eigenvalue weighted by Gasteiger charge is 2.91. The average Bonchev–Trinajstić information content (AvgIpc) is 3.39. The summed E-state index contributed by atoms with van der Waals surface area (Å²) in [5, 5.41) is 49.7. The van der Waals surface area contributed by atoms with Crippen molar-refractivity contribution in [3.63, 3.8) is 0 Å². The summed E-state index contributed by atoms with van der Waals surface area (Å²) in [6, 6.07) is 8.25. The van der Waals surface area contributed by atoms with Crippen molar-refractivity contribution in [3.05, 3.63) is 35.9 Å². The number of rotatable bonds is 8. The summed E-state index contributed by atoms with van der Waals surface area (Å²) in [5.41, 5.74) is -4.81. The first-order chi connectivity index (χ1) is 20.6. The predicted molar refractivity (Wildman–Crippen MR) is 151 cm³/mol. The van der Waals surface area contributed by atoms with Crippen LogP contribution in [-0.2, 0) is 23.7 Å². The number of esters is 1. The van der Waals surface area contributed by atoms with E-state index in [1.165, 1.54) is 7.11 Å². The predicted octanol–water partition coefficient (Wildman–Crippen LogP) is 0.0773. The van der Waals surface area contributed by atoms with Gasteiger partial charge in [-0.25, -0.2) is 4.79 Å². The van der Waals surface area contributed by atoms with E-state index in [0.29, 0.717) is 25.1 Å². The minimum atomic E-state index is -1.86. The Morgan fingerprint density at radius 1 is 1.00 bits per heavy atom. The smallest absolute Gasteiger partial charge is 0.338 e. The van der Waals surface area contributed by atoms with E-state index in [-0.39, 0.29) is 25.0 Å². The van der Waals surface area contributed by atoms with Crippen molar-refractivity contribution in [1.29, 1.82) is 0 Å². The highest BCUT2D eigenvalue weighted by molar-refractivity contribution is 5.89. The highest BCUT2D eigenvalue weighted by atomic mass is 16.6. The normalized spacial score (nSPS) is 52.7. The Kier molecular flexibility index (Phi) is 6.92. The monoisotopic (exact) mass is 603 g/mol. The molecule has 1 saturated heterocycles. The molecule has 15 atom stereocenters. The van der Waals surface area contributed by atoms with Crippen molar-refractivity contribution < 1.29 is 48.9 Å². The lowest BCUT2D eigenvalue weighted by molar-refractivity contribution is -0.320. The van der Waals surface area contributed by atoms with Gasteiger partial charge in [0.1, 0.15) is 29.5 Å². The van der Waals surface area contributed by atoms with E-state index in [9.17, 15) is 25.2 Å². The van der Waals surface area contributed by atoms with Crippen LogP contribution in [0.1, 0.15) is 30.1 Å². The molecule has 1 aromatic carbocycles. The molecule has 6 aliphatic rings. The molecule has 1 spiro atoms. The van der Waals surface area contributed by atoms with Gasteiger partial charge in [0.2, 0.25) is 0 Å². The number of fused-ring (bicyclic) bond motifs is 2. The maximum absolute atomic E-state index is 13.6. The molecule has 1 aliphatic heterocycles. The number of aliphatic hydroxyl groups is 4. The molecule has 4 N–H and O–H groups in total. The second-order valence-electron chi connectivity index (χ2n) is 13.9. The van der Waals surface area contributed by atoms with E-state index in [1.807, 2.05) is 0 Å². The van der Waals surface area contributed by atoms with Crippen molar-refractivity contribution in [2.24, 2.45) is 34.5 Å². The summed E-state index contributed by atoms with van der Waals surface area (Å²) in [6.07, 6.45) is -5.27. The Morgan fingerprint density at radius 2 is 1.72 bits per heavy atom. The summed E-state index contributed by atoms with van der Waals surface area (Å²) >= 11 is 0. The van der Waals surface area contributed by atoms with E-state index in [0.717, 1.165) is 0 Å². The summed E-state index contributed by atoms with van der Waals surface area (Å²) in [5.74, 6) is -2.94. The maximum atomic E-state index is 13.6. The Bertz CT molecular complexity index is 1250. The highest BCUT2D eigenvalue weighted by Crippen LogP contribution is 2.80. The first-order valence-electron chi connectivity index (χ1n) is 15.5. The van der Waals surface area contributed by atoms with Crippen molar-refractivity contribution in [1.82, 2.24) is 4.90 Å². The standard InChI is InChI=1S/C32H45NO10/c1-6-33-14-29(15-39-2)18(34)12-19(40-3)31-17-13-30(37)26(43-28(36)16-10-8-7-9-11-16)20(17)32(38,25(35)27(30)42-5)21(24(31)33)22(41-4)23(29)31/h7-11,17-27,34-35,37-38H,6,12-15H2,1-5H3/t17-,18-,19-,20-,21+,22+,23-,24?,25+,26-,27+,29+,30-,31+,32-/m1/s1. The number of piperidine rings is 1. The summed E-state index contributed by atoms with van der Waals surface area (Å²) in [6.45, 7) is 3.46. The Morgan fingerprint density at radius 3 is 2.33 bits per heavy atom. The molecular weight excluding hydrogens is 558 g/mol. The second-order valence-corrected chi connectivity index (χ2v) is 13.9. The number of carbonyl (C=O) groups excluding carboxylic acids is 1. The number of carbonyl (C=O) groups is 1. The van der Waals surface area contributed by atoms with Crippen LogP contribution in [0.5, 0.6) is 0 Å². The number of hydrogen-bond acceptors (Lipinski definition) is 11. The van der Waals surface area contributed by atoms with Gasteiger partial charge in [0, 0.05) is 76.0 Å². The van der Waals surface area contributed by atoms with E-state index >= 15 is 0 Å². The van der Waals surface area contributed by atoms with E-state index in [2.05, 4.69) is 11.8 Å².